The molecule has 0 spiro atoms. The standard InChI is InChI=1S/C26H24ClFN4O/c1-15-10-21-23(30-17(15)3)13-25(31-26(21)20-5-4-19(27)12-22(20)28)32-8-9-33-24(14-32)18-6-7-29-16(2)11-18/h4-7,10-13,24H,8-9,14H2,1-3H3. The summed E-state index contributed by atoms with van der Waals surface area (Å²) in [6.45, 7) is 7.84. The highest BCUT2D eigenvalue weighted by Gasteiger charge is 2.25. The highest BCUT2D eigenvalue weighted by Crippen LogP contribution is 2.34. The number of fused-ring (bicyclic) bond motifs is 1. The molecule has 5 nitrogen and oxygen atoms in total. The van der Waals surface area contributed by atoms with E-state index >= 15 is 0 Å². The van der Waals surface area contributed by atoms with Crippen LogP contribution in [0.3, 0.4) is 0 Å². The molecule has 1 fully saturated rings. The predicted octanol–water partition coefficient (Wildman–Crippen LogP) is 5.99. The Hall–Kier alpha value is -3.09. The van der Waals surface area contributed by atoms with Crippen LogP contribution in [0, 0.1) is 26.6 Å². The molecule has 4 heterocycles. The quantitative estimate of drug-likeness (QED) is 0.374. The van der Waals surface area contributed by atoms with Crippen LogP contribution in [0.15, 0.2) is 48.7 Å². The van der Waals surface area contributed by atoms with Crippen LogP contribution in [-0.4, -0.2) is 34.6 Å². The molecule has 1 aromatic carbocycles. The van der Waals surface area contributed by atoms with Gasteiger partial charge in [-0.1, -0.05) is 11.6 Å². The summed E-state index contributed by atoms with van der Waals surface area (Å²) in [7, 11) is 0. The van der Waals surface area contributed by atoms with Crippen molar-refractivity contribution in [2.45, 2.75) is 26.9 Å². The van der Waals surface area contributed by atoms with Gasteiger partial charge in [-0.3, -0.25) is 9.97 Å². The number of ether oxygens (including phenoxy) is 1. The van der Waals surface area contributed by atoms with Crippen molar-refractivity contribution in [1.82, 2.24) is 15.0 Å². The second-order valence-electron chi connectivity index (χ2n) is 8.45. The number of hydrogen-bond donors (Lipinski definition) is 0. The topological polar surface area (TPSA) is 51.1 Å². The summed E-state index contributed by atoms with van der Waals surface area (Å²) in [4.78, 5) is 16.2. The number of hydrogen-bond acceptors (Lipinski definition) is 5. The van der Waals surface area contributed by atoms with Crippen LogP contribution in [0.4, 0.5) is 10.2 Å². The summed E-state index contributed by atoms with van der Waals surface area (Å²) in [5.41, 5.74) is 5.77. The van der Waals surface area contributed by atoms with Crippen molar-refractivity contribution in [2.24, 2.45) is 0 Å². The number of rotatable bonds is 3. The summed E-state index contributed by atoms with van der Waals surface area (Å²) in [5, 5.41) is 1.17. The molecule has 33 heavy (non-hydrogen) atoms. The maximum absolute atomic E-state index is 15.0. The fraction of sp³-hybridized carbons (Fsp3) is 0.269. The van der Waals surface area contributed by atoms with Crippen LogP contribution < -0.4 is 4.90 Å². The normalized spacial score (nSPS) is 16.4. The maximum atomic E-state index is 15.0. The molecule has 1 unspecified atom stereocenters. The Balaban J connectivity index is 1.62. The monoisotopic (exact) mass is 462 g/mol. The van der Waals surface area contributed by atoms with Crippen molar-refractivity contribution < 1.29 is 9.13 Å². The summed E-state index contributed by atoms with van der Waals surface area (Å²) < 4.78 is 21.0. The molecule has 1 saturated heterocycles. The summed E-state index contributed by atoms with van der Waals surface area (Å²) in [6, 6.07) is 12.7. The van der Waals surface area contributed by atoms with E-state index in [9.17, 15) is 4.39 Å². The van der Waals surface area contributed by atoms with Gasteiger partial charge in [0.1, 0.15) is 17.7 Å². The van der Waals surface area contributed by atoms with E-state index in [1.807, 2.05) is 45.0 Å². The average Bonchev–Trinajstić information content (AvgIpc) is 2.80. The van der Waals surface area contributed by atoms with Gasteiger partial charge >= 0.3 is 0 Å². The van der Waals surface area contributed by atoms with Gasteiger partial charge < -0.3 is 9.64 Å². The Morgan fingerprint density at radius 3 is 2.70 bits per heavy atom. The zero-order chi connectivity index (χ0) is 23.1. The Morgan fingerprint density at radius 2 is 1.91 bits per heavy atom. The molecular formula is C26H24ClFN4O. The Labute approximate surface area is 197 Å². The van der Waals surface area contributed by atoms with Crippen LogP contribution in [0.5, 0.6) is 0 Å². The van der Waals surface area contributed by atoms with Crippen molar-refractivity contribution in [1.29, 1.82) is 0 Å². The molecule has 0 aliphatic carbocycles. The lowest BCUT2D eigenvalue weighted by molar-refractivity contribution is 0.0394. The number of halogens is 2. The first-order valence-corrected chi connectivity index (χ1v) is 11.3. The van der Waals surface area contributed by atoms with E-state index in [0.29, 0.717) is 36.0 Å². The third-order valence-corrected chi connectivity index (χ3v) is 6.35. The highest BCUT2D eigenvalue weighted by molar-refractivity contribution is 6.30. The van der Waals surface area contributed by atoms with E-state index in [-0.39, 0.29) is 6.10 Å². The molecule has 3 aromatic heterocycles. The van der Waals surface area contributed by atoms with Gasteiger partial charge in [0.2, 0.25) is 0 Å². The smallest absolute Gasteiger partial charge is 0.134 e. The molecule has 0 radical (unpaired) electrons. The Kier molecular flexibility index (Phi) is 5.72. The Bertz CT molecular complexity index is 1360. The van der Waals surface area contributed by atoms with Gasteiger partial charge in [0.25, 0.3) is 0 Å². The maximum Gasteiger partial charge on any atom is 0.134 e. The fourth-order valence-electron chi connectivity index (χ4n) is 4.23. The molecular weight excluding hydrogens is 439 g/mol. The number of benzene rings is 1. The van der Waals surface area contributed by atoms with Gasteiger partial charge in [0, 0.05) is 52.7 Å². The Morgan fingerprint density at radius 1 is 1.06 bits per heavy atom. The second kappa shape index (κ2) is 8.69. The average molecular weight is 463 g/mol. The third-order valence-electron chi connectivity index (χ3n) is 6.11. The lowest BCUT2D eigenvalue weighted by Gasteiger charge is -2.34. The highest BCUT2D eigenvalue weighted by atomic mass is 35.5. The molecule has 0 N–H and O–H groups in total. The van der Waals surface area contributed by atoms with Crippen molar-refractivity contribution in [3.8, 4) is 11.3 Å². The van der Waals surface area contributed by atoms with Gasteiger partial charge in [-0.15, -0.1) is 0 Å². The van der Waals surface area contributed by atoms with Crippen LogP contribution in [0.25, 0.3) is 22.2 Å². The number of anilines is 1. The fourth-order valence-corrected chi connectivity index (χ4v) is 4.39. The first-order valence-electron chi connectivity index (χ1n) is 10.9. The molecule has 5 rings (SSSR count). The SMILES string of the molecule is Cc1cc(C2CN(c3cc4nc(C)c(C)cc4c(-c4ccc(Cl)cc4F)n3)CCO2)ccn1. The second-order valence-corrected chi connectivity index (χ2v) is 8.88. The van der Waals surface area contributed by atoms with Gasteiger partial charge in [-0.05, 0) is 68.3 Å². The third kappa shape index (κ3) is 4.28. The van der Waals surface area contributed by atoms with Crippen LogP contribution in [-0.2, 0) is 4.74 Å². The number of morpholine rings is 1. The minimum absolute atomic E-state index is 0.0959. The van der Waals surface area contributed by atoms with Gasteiger partial charge in [-0.25, -0.2) is 9.37 Å². The van der Waals surface area contributed by atoms with Crippen LogP contribution in [0.1, 0.15) is 28.6 Å². The van der Waals surface area contributed by atoms with Crippen LogP contribution in [0.2, 0.25) is 5.02 Å². The molecule has 4 aromatic rings. The number of pyridine rings is 3. The summed E-state index contributed by atoms with van der Waals surface area (Å²) in [5.74, 6) is 0.348. The molecule has 0 amide bonds. The van der Waals surface area contributed by atoms with E-state index in [1.165, 1.54) is 6.07 Å². The summed E-state index contributed by atoms with van der Waals surface area (Å²) in [6.07, 6.45) is 1.71. The molecule has 1 aliphatic heterocycles. The first kappa shape index (κ1) is 21.7. The number of aromatic nitrogens is 3. The van der Waals surface area contributed by atoms with E-state index in [4.69, 9.17) is 26.3 Å². The largest absolute Gasteiger partial charge is 0.370 e. The zero-order valence-electron chi connectivity index (χ0n) is 18.8. The van der Waals surface area contributed by atoms with Gasteiger partial charge in [0.15, 0.2) is 0 Å². The summed E-state index contributed by atoms with van der Waals surface area (Å²) >= 11 is 6.01. The van der Waals surface area contributed by atoms with Crippen molar-refractivity contribution >= 4 is 28.3 Å². The molecule has 0 bridgehead atoms. The number of nitrogens with zero attached hydrogens (tertiary/aromatic N) is 4. The van der Waals surface area contributed by atoms with E-state index in [0.717, 1.165) is 39.2 Å². The zero-order valence-corrected chi connectivity index (χ0v) is 19.5. The minimum atomic E-state index is -0.404. The van der Waals surface area contributed by atoms with Crippen LogP contribution >= 0.6 is 11.6 Å². The van der Waals surface area contributed by atoms with Crippen molar-refractivity contribution in [3.63, 3.8) is 0 Å². The van der Waals surface area contributed by atoms with Gasteiger partial charge in [-0.2, -0.15) is 0 Å². The van der Waals surface area contributed by atoms with Gasteiger partial charge in [0.05, 0.1) is 17.8 Å². The molecule has 0 saturated carbocycles. The lowest BCUT2D eigenvalue weighted by atomic mass is 10.0. The van der Waals surface area contributed by atoms with Crippen molar-refractivity contribution in [3.05, 3.63) is 82.0 Å². The molecule has 168 valence electrons. The van der Waals surface area contributed by atoms with E-state index in [1.54, 1.807) is 18.3 Å². The lowest BCUT2D eigenvalue weighted by Crippen LogP contribution is -2.39. The van der Waals surface area contributed by atoms with E-state index in [2.05, 4.69) is 9.88 Å². The minimum Gasteiger partial charge on any atom is -0.370 e. The van der Waals surface area contributed by atoms with Crippen molar-refractivity contribution in [2.75, 3.05) is 24.6 Å². The van der Waals surface area contributed by atoms with E-state index < -0.39 is 5.82 Å². The molecule has 1 atom stereocenters. The first-order chi connectivity index (χ1) is 15.9. The number of aryl methyl sites for hydroxylation is 3. The predicted molar refractivity (Wildman–Crippen MR) is 129 cm³/mol. The molecule has 1 aliphatic rings. The molecule has 7 heteroatoms.